The predicted octanol–water partition coefficient (Wildman–Crippen LogP) is 4.72. The van der Waals surface area contributed by atoms with Crippen LogP contribution in [0.25, 0.3) is 0 Å². The lowest BCUT2D eigenvalue weighted by molar-refractivity contribution is 0.102. The van der Waals surface area contributed by atoms with Crippen molar-refractivity contribution >= 4 is 11.6 Å². The number of hydrogen-bond acceptors (Lipinski definition) is 3. The maximum atomic E-state index is 14.4. The fourth-order valence-electron chi connectivity index (χ4n) is 3.07. The van der Waals surface area contributed by atoms with Crippen LogP contribution in [0.2, 0.25) is 0 Å². The van der Waals surface area contributed by atoms with E-state index in [1.54, 1.807) is 6.07 Å². The van der Waals surface area contributed by atoms with Crippen molar-refractivity contribution in [3.05, 3.63) is 53.3 Å². The number of rotatable bonds is 5. The van der Waals surface area contributed by atoms with Gasteiger partial charge >= 0.3 is 0 Å². The van der Waals surface area contributed by atoms with Crippen LogP contribution in [0.5, 0.6) is 11.5 Å². The van der Waals surface area contributed by atoms with Crippen molar-refractivity contribution in [2.45, 2.75) is 38.7 Å². The van der Waals surface area contributed by atoms with Crippen LogP contribution < -0.4 is 14.8 Å². The highest BCUT2D eigenvalue weighted by Gasteiger charge is 2.22. The zero-order valence-electron chi connectivity index (χ0n) is 14.5. The number of benzene rings is 2. The summed E-state index contributed by atoms with van der Waals surface area (Å²) in [6, 6.07) is 9.99. The minimum Gasteiger partial charge on any atom is -0.493 e. The first-order valence-corrected chi connectivity index (χ1v) is 8.49. The van der Waals surface area contributed by atoms with Crippen molar-refractivity contribution in [1.82, 2.24) is 0 Å². The van der Waals surface area contributed by atoms with Crippen LogP contribution in [-0.2, 0) is 0 Å². The number of nitrogens with one attached hydrogen (secondary N) is 1. The Morgan fingerprint density at radius 1 is 1.16 bits per heavy atom. The van der Waals surface area contributed by atoms with Crippen LogP contribution in [0.4, 0.5) is 10.1 Å². The van der Waals surface area contributed by atoms with Gasteiger partial charge in [0.2, 0.25) is 0 Å². The van der Waals surface area contributed by atoms with Crippen molar-refractivity contribution in [2.24, 2.45) is 0 Å². The minimum absolute atomic E-state index is 0.0599. The molecule has 0 aliphatic heterocycles. The molecule has 25 heavy (non-hydrogen) atoms. The van der Waals surface area contributed by atoms with Crippen LogP contribution in [0.1, 0.15) is 41.6 Å². The number of amides is 1. The number of anilines is 1. The van der Waals surface area contributed by atoms with E-state index in [9.17, 15) is 9.18 Å². The zero-order valence-corrected chi connectivity index (χ0v) is 14.5. The van der Waals surface area contributed by atoms with Crippen molar-refractivity contribution < 1.29 is 18.7 Å². The molecule has 132 valence electrons. The van der Waals surface area contributed by atoms with Crippen LogP contribution in [0, 0.1) is 12.7 Å². The fraction of sp³-hybridized carbons (Fsp3) is 0.350. The first kappa shape index (κ1) is 17.3. The third-order valence-electron chi connectivity index (χ3n) is 4.37. The Morgan fingerprint density at radius 2 is 1.92 bits per heavy atom. The number of halogens is 1. The Bertz CT molecular complexity index is 770. The Kier molecular flexibility index (Phi) is 5.22. The van der Waals surface area contributed by atoms with Gasteiger partial charge in [0, 0.05) is 11.8 Å². The quantitative estimate of drug-likeness (QED) is 0.855. The highest BCUT2D eigenvalue weighted by molar-refractivity contribution is 6.04. The number of carbonyl (C=O) groups excluding carboxylic acids is 1. The molecule has 0 heterocycles. The van der Waals surface area contributed by atoms with E-state index in [1.165, 1.54) is 19.2 Å². The van der Waals surface area contributed by atoms with Crippen molar-refractivity contribution in [3.8, 4) is 11.5 Å². The molecule has 2 aromatic carbocycles. The third-order valence-corrected chi connectivity index (χ3v) is 4.37. The van der Waals surface area contributed by atoms with Gasteiger partial charge in [-0.3, -0.25) is 4.79 Å². The van der Waals surface area contributed by atoms with E-state index in [-0.39, 0.29) is 11.7 Å². The molecule has 1 saturated carbocycles. The van der Waals surface area contributed by atoms with Gasteiger partial charge in [-0.15, -0.1) is 0 Å². The van der Waals surface area contributed by atoms with E-state index in [0.29, 0.717) is 17.2 Å². The van der Waals surface area contributed by atoms with E-state index < -0.39 is 11.7 Å². The largest absolute Gasteiger partial charge is 0.493 e. The number of methoxy groups -OCH3 is 1. The first-order valence-electron chi connectivity index (χ1n) is 8.49. The molecule has 0 aromatic heterocycles. The second-order valence-electron chi connectivity index (χ2n) is 6.33. The predicted molar refractivity (Wildman–Crippen MR) is 95.0 cm³/mol. The molecule has 0 atom stereocenters. The maximum absolute atomic E-state index is 14.4. The van der Waals surface area contributed by atoms with Crippen molar-refractivity contribution in [2.75, 3.05) is 12.4 Å². The molecule has 0 unspecified atom stereocenters. The average molecular weight is 343 g/mol. The Hall–Kier alpha value is -2.56. The molecule has 4 nitrogen and oxygen atoms in total. The third kappa shape index (κ3) is 4.10. The normalized spacial score (nSPS) is 14.4. The second kappa shape index (κ2) is 7.55. The number of hydrogen-bond donors (Lipinski definition) is 1. The molecular formula is C20H22FNO3. The van der Waals surface area contributed by atoms with Gasteiger partial charge < -0.3 is 14.8 Å². The van der Waals surface area contributed by atoms with Gasteiger partial charge in [-0.05, 0) is 56.4 Å². The Morgan fingerprint density at radius 3 is 2.60 bits per heavy atom. The molecule has 1 amide bonds. The first-order chi connectivity index (χ1) is 12.1. The minimum atomic E-state index is -0.638. The smallest absolute Gasteiger partial charge is 0.258 e. The van der Waals surface area contributed by atoms with Gasteiger partial charge in [-0.1, -0.05) is 12.1 Å². The van der Waals surface area contributed by atoms with E-state index in [4.69, 9.17) is 9.47 Å². The standard InChI is InChI=1S/C20H22FNO3/c1-13-6-5-7-14(10-13)22-20(23)16-11-19(18(24-2)12-17(16)21)25-15-8-3-4-9-15/h5-7,10-12,15H,3-4,8-9H2,1-2H3,(H,22,23). The molecule has 0 saturated heterocycles. The van der Waals surface area contributed by atoms with Crippen LogP contribution >= 0.6 is 0 Å². The molecule has 1 aliphatic carbocycles. The lowest BCUT2D eigenvalue weighted by Crippen LogP contribution is -2.16. The van der Waals surface area contributed by atoms with Crippen molar-refractivity contribution in [3.63, 3.8) is 0 Å². The topological polar surface area (TPSA) is 47.6 Å². The maximum Gasteiger partial charge on any atom is 0.258 e. The summed E-state index contributed by atoms with van der Waals surface area (Å²) in [7, 11) is 1.46. The van der Waals surface area contributed by atoms with Gasteiger partial charge in [-0.2, -0.15) is 0 Å². The molecule has 3 rings (SSSR count). The monoisotopic (exact) mass is 343 g/mol. The summed E-state index contributed by atoms with van der Waals surface area (Å²) in [6.45, 7) is 1.93. The summed E-state index contributed by atoms with van der Waals surface area (Å²) in [4.78, 5) is 12.5. The molecule has 2 aromatic rings. The summed E-state index contributed by atoms with van der Waals surface area (Å²) in [5, 5.41) is 2.72. The van der Waals surface area contributed by atoms with Gasteiger partial charge in [0.1, 0.15) is 5.82 Å². The SMILES string of the molecule is COc1cc(F)c(C(=O)Nc2cccc(C)c2)cc1OC1CCCC1. The molecular weight excluding hydrogens is 321 g/mol. The van der Waals surface area contributed by atoms with Gasteiger partial charge in [0.05, 0.1) is 18.8 Å². The lowest BCUT2D eigenvalue weighted by Gasteiger charge is -2.17. The summed E-state index contributed by atoms with van der Waals surface area (Å²) in [5.41, 5.74) is 1.58. The number of aryl methyl sites for hydroxylation is 1. The summed E-state index contributed by atoms with van der Waals surface area (Å²) < 4.78 is 25.5. The molecule has 1 fully saturated rings. The Labute approximate surface area is 147 Å². The molecule has 5 heteroatoms. The second-order valence-corrected chi connectivity index (χ2v) is 6.33. The van der Waals surface area contributed by atoms with Crippen LogP contribution in [0.15, 0.2) is 36.4 Å². The summed E-state index contributed by atoms with van der Waals surface area (Å²) >= 11 is 0. The van der Waals surface area contributed by atoms with Gasteiger partial charge in [0.25, 0.3) is 5.91 Å². The molecule has 0 spiro atoms. The Balaban J connectivity index is 1.85. The summed E-state index contributed by atoms with van der Waals surface area (Å²) in [6.07, 6.45) is 4.26. The summed E-state index contributed by atoms with van der Waals surface area (Å²) in [5.74, 6) is -0.440. The molecule has 1 aliphatic rings. The lowest BCUT2D eigenvalue weighted by atomic mass is 10.1. The van der Waals surface area contributed by atoms with E-state index in [1.807, 2.05) is 25.1 Å². The average Bonchev–Trinajstić information content (AvgIpc) is 3.09. The number of carbonyl (C=O) groups is 1. The fourth-order valence-corrected chi connectivity index (χ4v) is 3.07. The van der Waals surface area contributed by atoms with Crippen LogP contribution in [-0.4, -0.2) is 19.1 Å². The highest BCUT2D eigenvalue weighted by atomic mass is 19.1. The van der Waals surface area contributed by atoms with Crippen molar-refractivity contribution in [1.29, 1.82) is 0 Å². The zero-order chi connectivity index (χ0) is 17.8. The number of ether oxygens (including phenoxy) is 2. The van der Waals surface area contributed by atoms with Gasteiger partial charge in [0.15, 0.2) is 11.5 Å². The highest BCUT2D eigenvalue weighted by Crippen LogP contribution is 2.34. The molecule has 0 radical (unpaired) electrons. The van der Waals surface area contributed by atoms with E-state index in [0.717, 1.165) is 31.2 Å². The molecule has 0 bridgehead atoms. The molecule has 1 N–H and O–H groups in total. The van der Waals surface area contributed by atoms with Gasteiger partial charge in [-0.25, -0.2) is 4.39 Å². The van der Waals surface area contributed by atoms with E-state index in [2.05, 4.69) is 5.32 Å². The van der Waals surface area contributed by atoms with Crippen LogP contribution in [0.3, 0.4) is 0 Å². The van der Waals surface area contributed by atoms with E-state index >= 15 is 0 Å².